The van der Waals surface area contributed by atoms with Gasteiger partial charge in [-0.25, -0.2) is 0 Å². The van der Waals surface area contributed by atoms with E-state index < -0.39 is 0 Å². The number of benzene rings is 1. The summed E-state index contributed by atoms with van der Waals surface area (Å²) in [6, 6.07) is 8.21. The van der Waals surface area contributed by atoms with Crippen LogP contribution in [-0.2, 0) is 6.42 Å². The Morgan fingerprint density at radius 3 is 2.31 bits per heavy atom. The summed E-state index contributed by atoms with van der Waals surface area (Å²) in [4.78, 5) is 0. The zero-order valence-corrected chi connectivity index (χ0v) is 10.6. The molecule has 0 amide bonds. The van der Waals surface area contributed by atoms with Crippen LogP contribution >= 0.6 is 0 Å². The highest BCUT2D eigenvalue weighted by molar-refractivity contribution is 5.34. The molecule has 0 aliphatic heterocycles. The first-order valence-corrected chi connectivity index (χ1v) is 6.03. The molecule has 1 aromatic carbocycles. The van der Waals surface area contributed by atoms with Crippen molar-refractivity contribution in [2.24, 2.45) is 11.1 Å². The maximum Gasteiger partial charge on any atom is 0.122 e. The van der Waals surface area contributed by atoms with E-state index in [2.05, 4.69) is 26.0 Å². The first kappa shape index (κ1) is 13.0. The third kappa shape index (κ3) is 2.76. The molecule has 2 heteroatoms. The molecule has 0 fully saturated rings. The van der Waals surface area contributed by atoms with Gasteiger partial charge in [-0.15, -0.1) is 0 Å². The van der Waals surface area contributed by atoms with Gasteiger partial charge in [0.15, 0.2) is 0 Å². The third-order valence-electron chi connectivity index (χ3n) is 3.69. The van der Waals surface area contributed by atoms with Crippen LogP contribution in [-0.4, -0.2) is 13.7 Å². The molecule has 0 saturated carbocycles. The highest BCUT2D eigenvalue weighted by atomic mass is 16.5. The maximum absolute atomic E-state index is 5.93. The van der Waals surface area contributed by atoms with Gasteiger partial charge in [0, 0.05) is 0 Å². The van der Waals surface area contributed by atoms with Crippen molar-refractivity contribution in [2.75, 3.05) is 13.7 Å². The molecule has 0 spiro atoms. The van der Waals surface area contributed by atoms with E-state index in [4.69, 9.17) is 10.5 Å². The quantitative estimate of drug-likeness (QED) is 0.801. The van der Waals surface area contributed by atoms with Crippen LogP contribution in [0.25, 0.3) is 0 Å². The van der Waals surface area contributed by atoms with Crippen LogP contribution in [0.5, 0.6) is 5.75 Å². The molecule has 0 heterocycles. The van der Waals surface area contributed by atoms with E-state index in [-0.39, 0.29) is 5.41 Å². The maximum atomic E-state index is 5.93. The van der Waals surface area contributed by atoms with Crippen LogP contribution in [0.4, 0.5) is 0 Å². The molecule has 1 rings (SSSR count). The van der Waals surface area contributed by atoms with Gasteiger partial charge >= 0.3 is 0 Å². The van der Waals surface area contributed by atoms with E-state index in [1.54, 1.807) is 7.11 Å². The van der Waals surface area contributed by atoms with E-state index >= 15 is 0 Å². The molecule has 0 aliphatic carbocycles. The predicted molar refractivity (Wildman–Crippen MR) is 68.8 cm³/mol. The lowest BCUT2D eigenvalue weighted by atomic mass is 9.77. The first-order valence-electron chi connectivity index (χ1n) is 6.03. The zero-order valence-electron chi connectivity index (χ0n) is 10.6. The summed E-state index contributed by atoms with van der Waals surface area (Å²) < 4.78 is 5.38. The molecule has 0 unspecified atom stereocenters. The fourth-order valence-electron chi connectivity index (χ4n) is 2.11. The molecule has 0 saturated heterocycles. The molecule has 16 heavy (non-hydrogen) atoms. The van der Waals surface area contributed by atoms with Crippen LogP contribution in [0, 0.1) is 5.41 Å². The average molecular weight is 221 g/mol. The Labute approximate surface area is 98.8 Å². The van der Waals surface area contributed by atoms with Crippen molar-refractivity contribution in [3.8, 4) is 5.75 Å². The van der Waals surface area contributed by atoms with E-state index in [9.17, 15) is 0 Å². The summed E-state index contributed by atoms with van der Waals surface area (Å²) >= 11 is 0. The van der Waals surface area contributed by atoms with E-state index in [1.807, 2.05) is 12.1 Å². The number of methoxy groups -OCH3 is 1. The van der Waals surface area contributed by atoms with Crippen molar-refractivity contribution in [1.82, 2.24) is 0 Å². The second kappa shape index (κ2) is 5.90. The Morgan fingerprint density at radius 1 is 1.19 bits per heavy atom. The molecule has 0 bridgehead atoms. The van der Waals surface area contributed by atoms with Crippen LogP contribution in [0.15, 0.2) is 24.3 Å². The lowest BCUT2D eigenvalue weighted by Gasteiger charge is -2.30. The number of para-hydroxylation sites is 1. The van der Waals surface area contributed by atoms with Gasteiger partial charge in [0.05, 0.1) is 7.11 Å². The number of hydrogen-bond donors (Lipinski definition) is 1. The normalized spacial score (nSPS) is 11.5. The number of rotatable bonds is 6. The molecular weight excluding hydrogens is 198 g/mol. The molecule has 0 aromatic heterocycles. The molecule has 90 valence electrons. The van der Waals surface area contributed by atoms with Gasteiger partial charge in [0.25, 0.3) is 0 Å². The van der Waals surface area contributed by atoms with Gasteiger partial charge in [0.2, 0.25) is 0 Å². The van der Waals surface area contributed by atoms with Gasteiger partial charge in [-0.2, -0.15) is 0 Å². The predicted octanol–water partition coefficient (Wildman–Crippen LogP) is 3.00. The fourth-order valence-corrected chi connectivity index (χ4v) is 2.11. The monoisotopic (exact) mass is 221 g/mol. The van der Waals surface area contributed by atoms with E-state index in [0.29, 0.717) is 0 Å². The van der Waals surface area contributed by atoms with Crippen molar-refractivity contribution in [2.45, 2.75) is 33.1 Å². The number of hydrogen-bond acceptors (Lipinski definition) is 2. The van der Waals surface area contributed by atoms with Gasteiger partial charge in [-0.3, -0.25) is 0 Å². The van der Waals surface area contributed by atoms with Gasteiger partial charge in [-0.1, -0.05) is 32.0 Å². The largest absolute Gasteiger partial charge is 0.496 e. The minimum Gasteiger partial charge on any atom is -0.496 e. The molecule has 1 aromatic rings. The van der Waals surface area contributed by atoms with Crippen molar-refractivity contribution in [3.05, 3.63) is 29.8 Å². The van der Waals surface area contributed by atoms with Crippen LogP contribution in [0.3, 0.4) is 0 Å². The summed E-state index contributed by atoms with van der Waals surface area (Å²) in [5, 5.41) is 0. The first-order chi connectivity index (χ1) is 7.71. The Morgan fingerprint density at radius 2 is 1.81 bits per heavy atom. The smallest absolute Gasteiger partial charge is 0.122 e. The minimum absolute atomic E-state index is 0.217. The highest BCUT2D eigenvalue weighted by Gasteiger charge is 2.25. The summed E-state index contributed by atoms with van der Waals surface area (Å²) in [5.41, 5.74) is 7.41. The number of ether oxygens (including phenoxy) is 1. The summed E-state index contributed by atoms with van der Waals surface area (Å²) in [6.07, 6.45) is 3.22. The van der Waals surface area contributed by atoms with E-state index in [1.165, 1.54) is 5.56 Å². The third-order valence-corrected chi connectivity index (χ3v) is 3.69. The number of nitrogens with two attached hydrogens (primary N) is 1. The average Bonchev–Trinajstić information content (AvgIpc) is 2.36. The van der Waals surface area contributed by atoms with Crippen LogP contribution < -0.4 is 10.5 Å². The second-order valence-electron chi connectivity index (χ2n) is 4.40. The van der Waals surface area contributed by atoms with Crippen molar-refractivity contribution in [1.29, 1.82) is 0 Å². The SMILES string of the molecule is CCC(CC)(CN)Cc1ccccc1OC. The standard InChI is InChI=1S/C14H23NO/c1-4-14(5-2,11-15)10-12-8-6-7-9-13(12)16-3/h6-9H,4-5,10-11,15H2,1-3H3. The van der Waals surface area contributed by atoms with Crippen molar-refractivity contribution in [3.63, 3.8) is 0 Å². The molecule has 0 atom stereocenters. The summed E-state index contributed by atoms with van der Waals surface area (Å²) in [7, 11) is 1.72. The van der Waals surface area contributed by atoms with Gasteiger partial charge in [-0.05, 0) is 42.9 Å². The Kier molecular flexibility index (Phi) is 4.81. The lowest BCUT2D eigenvalue weighted by molar-refractivity contribution is 0.267. The van der Waals surface area contributed by atoms with Crippen molar-refractivity contribution >= 4 is 0 Å². The Hall–Kier alpha value is -1.02. The van der Waals surface area contributed by atoms with Crippen LogP contribution in [0.2, 0.25) is 0 Å². The van der Waals surface area contributed by atoms with Gasteiger partial charge in [0.1, 0.15) is 5.75 Å². The molecule has 0 aliphatic rings. The second-order valence-corrected chi connectivity index (χ2v) is 4.40. The molecule has 0 radical (unpaired) electrons. The zero-order chi connectivity index (χ0) is 12.0. The van der Waals surface area contributed by atoms with Gasteiger partial charge < -0.3 is 10.5 Å². The minimum atomic E-state index is 0.217. The molecular formula is C14H23NO. The Bertz CT molecular complexity index is 310. The fraction of sp³-hybridized carbons (Fsp3) is 0.571. The summed E-state index contributed by atoms with van der Waals surface area (Å²) in [5.74, 6) is 0.974. The Balaban J connectivity index is 2.93. The van der Waals surface area contributed by atoms with Crippen molar-refractivity contribution < 1.29 is 4.74 Å². The van der Waals surface area contributed by atoms with Crippen LogP contribution in [0.1, 0.15) is 32.3 Å². The molecule has 2 N–H and O–H groups in total. The lowest BCUT2D eigenvalue weighted by Crippen LogP contribution is -2.31. The molecule has 2 nitrogen and oxygen atoms in total. The summed E-state index contributed by atoms with van der Waals surface area (Å²) in [6.45, 7) is 5.16. The highest BCUT2D eigenvalue weighted by Crippen LogP contribution is 2.32. The van der Waals surface area contributed by atoms with E-state index in [0.717, 1.165) is 31.6 Å². The topological polar surface area (TPSA) is 35.2 Å².